The molecule has 8 heteroatoms. The highest BCUT2D eigenvalue weighted by Gasteiger charge is 2.29. The van der Waals surface area contributed by atoms with Crippen molar-refractivity contribution in [2.45, 2.75) is 25.7 Å². The highest BCUT2D eigenvalue weighted by molar-refractivity contribution is 6.30. The molecule has 30 heavy (non-hydrogen) atoms. The summed E-state index contributed by atoms with van der Waals surface area (Å²) in [5.74, 6) is 0.428. The molecule has 1 saturated carbocycles. The zero-order valence-electron chi connectivity index (χ0n) is 17.1. The normalized spacial score (nSPS) is 18.0. The van der Waals surface area contributed by atoms with Crippen LogP contribution in [0.3, 0.4) is 0 Å². The lowest BCUT2D eigenvalue weighted by Crippen LogP contribution is -2.51. The molecule has 2 amide bonds. The Balaban J connectivity index is 1.19. The average molecular weight is 430 g/mol. The average Bonchev–Trinajstić information content (AvgIpc) is 3.47. The van der Waals surface area contributed by atoms with Crippen LogP contribution >= 0.6 is 11.6 Å². The molecule has 2 N–H and O–H groups in total. The summed E-state index contributed by atoms with van der Waals surface area (Å²) in [6.07, 6.45) is 4.48. The van der Waals surface area contributed by atoms with Gasteiger partial charge in [-0.1, -0.05) is 36.6 Å². The third-order valence-electron chi connectivity index (χ3n) is 6.06. The number of hydrogen-bond acceptors (Lipinski definition) is 4. The summed E-state index contributed by atoms with van der Waals surface area (Å²) in [4.78, 5) is 29.2. The Morgan fingerprint density at radius 1 is 1.10 bits per heavy atom. The van der Waals surface area contributed by atoms with Gasteiger partial charge in [-0.3, -0.25) is 19.6 Å². The van der Waals surface area contributed by atoms with Crippen LogP contribution in [0.2, 0.25) is 5.02 Å². The van der Waals surface area contributed by atoms with Crippen molar-refractivity contribution in [2.75, 3.05) is 39.3 Å². The van der Waals surface area contributed by atoms with E-state index in [1.54, 1.807) is 18.2 Å². The molecule has 0 radical (unpaired) electrons. The maximum atomic E-state index is 12.5. The Bertz CT molecular complexity index is 868. The molecule has 1 aromatic carbocycles. The van der Waals surface area contributed by atoms with Crippen molar-refractivity contribution < 1.29 is 9.59 Å². The molecule has 0 unspecified atom stereocenters. The minimum atomic E-state index is -0.169. The molecular formula is C22H28ClN5O2. The summed E-state index contributed by atoms with van der Waals surface area (Å²) < 4.78 is 0. The van der Waals surface area contributed by atoms with Crippen LogP contribution in [-0.2, 0) is 4.79 Å². The Hall–Kier alpha value is -2.38. The Morgan fingerprint density at radius 3 is 2.50 bits per heavy atom. The zero-order chi connectivity index (χ0) is 20.9. The Morgan fingerprint density at radius 2 is 1.80 bits per heavy atom. The third-order valence-corrected chi connectivity index (χ3v) is 6.32. The Labute approximate surface area is 181 Å². The molecular weight excluding hydrogens is 402 g/mol. The van der Waals surface area contributed by atoms with Crippen molar-refractivity contribution in [2.24, 2.45) is 5.92 Å². The fourth-order valence-electron chi connectivity index (χ4n) is 4.25. The number of halogens is 1. The summed E-state index contributed by atoms with van der Waals surface area (Å²) in [5, 5.41) is 10.6. The van der Waals surface area contributed by atoms with Gasteiger partial charge in [-0.2, -0.15) is 5.10 Å². The second-order valence-electron chi connectivity index (χ2n) is 8.08. The van der Waals surface area contributed by atoms with Crippen LogP contribution in [0.15, 0.2) is 30.3 Å². The van der Waals surface area contributed by atoms with Gasteiger partial charge in [-0.15, -0.1) is 0 Å². The van der Waals surface area contributed by atoms with Gasteiger partial charge >= 0.3 is 0 Å². The van der Waals surface area contributed by atoms with Gasteiger partial charge in [0.1, 0.15) is 5.69 Å². The smallest absolute Gasteiger partial charge is 0.269 e. The van der Waals surface area contributed by atoms with Gasteiger partial charge < -0.3 is 10.2 Å². The number of H-pyrrole nitrogens is 1. The van der Waals surface area contributed by atoms with Gasteiger partial charge in [-0.05, 0) is 31.0 Å². The van der Waals surface area contributed by atoms with Crippen molar-refractivity contribution >= 4 is 23.4 Å². The molecule has 1 aliphatic heterocycles. The number of carbonyl (C=O) groups excluding carboxylic acids is 2. The van der Waals surface area contributed by atoms with E-state index in [4.69, 9.17) is 11.6 Å². The number of carbonyl (C=O) groups is 2. The van der Waals surface area contributed by atoms with Crippen LogP contribution in [0, 0.1) is 5.92 Å². The summed E-state index contributed by atoms with van der Waals surface area (Å²) in [5.41, 5.74) is 2.05. The second-order valence-corrected chi connectivity index (χ2v) is 8.51. The lowest BCUT2D eigenvalue weighted by molar-refractivity contribution is -0.137. The standard InChI is InChI=1S/C22H28ClN5O2/c23-18-7-5-16(6-8-18)19-15-20(26-25-19)21(29)24-9-10-27-11-13-28(14-12-27)22(30)17-3-1-2-4-17/h5-8,15,17H,1-4,9-14H2,(H,24,29)(H,25,26). The predicted molar refractivity (Wildman–Crippen MR) is 116 cm³/mol. The van der Waals surface area contributed by atoms with Crippen LogP contribution in [0.1, 0.15) is 36.2 Å². The van der Waals surface area contributed by atoms with Crippen molar-refractivity contribution in [3.05, 3.63) is 41.0 Å². The van der Waals surface area contributed by atoms with E-state index in [2.05, 4.69) is 20.4 Å². The molecule has 4 rings (SSSR count). The molecule has 1 aromatic heterocycles. The molecule has 1 aliphatic carbocycles. The largest absolute Gasteiger partial charge is 0.349 e. The number of aromatic amines is 1. The molecule has 0 spiro atoms. The van der Waals surface area contributed by atoms with E-state index in [1.165, 1.54) is 12.8 Å². The lowest BCUT2D eigenvalue weighted by Gasteiger charge is -2.36. The number of amides is 2. The zero-order valence-corrected chi connectivity index (χ0v) is 17.8. The van der Waals surface area contributed by atoms with Crippen molar-refractivity contribution in [1.29, 1.82) is 0 Å². The number of aromatic nitrogens is 2. The van der Waals surface area contributed by atoms with Crippen LogP contribution in [0.25, 0.3) is 11.3 Å². The maximum Gasteiger partial charge on any atom is 0.269 e. The molecule has 160 valence electrons. The van der Waals surface area contributed by atoms with E-state index >= 15 is 0 Å². The van der Waals surface area contributed by atoms with E-state index in [0.29, 0.717) is 28.9 Å². The highest BCUT2D eigenvalue weighted by atomic mass is 35.5. The first-order chi connectivity index (χ1) is 14.6. The number of benzene rings is 1. The number of piperazine rings is 1. The first-order valence-electron chi connectivity index (χ1n) is 10.7. The maximum absolute atomic E-state index is 12.5. The van der Waals surface area contributed by atoms with Gasteiger partial charge in [-0.25, -0.2) is 0 Å². The highest BCUT2D eigenvalue weighted by Crippen LogP contribution is 2.27. The molecule has 2 aliphatic rings. The van der Waals surface area contributed by atoms with Crippen LogP contribution in [0.4, 0.5) is 0 Å². The topological polar surface area (TPSA) is 81.3 Å². The summed E-state index contributed by atoms with van der Waals surface area (Å²) in [6.45, 7) is 4.63. The van der Waals surface area contributed by atoms with Crippen LogP contribution < -0.4 is 5.32 Å². The third kappa shape index (κ3) is 5.02. The van der Waals surface area contributed by atoms with E-state index < -0.39 is 0 Å². The first kappa shape index (κ1) is 20.9. The van der Waals surface area contributed by atoms with E-state index in [9.17, 15) is 9.59 Å². The summed E-state index contributed by atoms with van der Waals surface area (Å²) in [6, 6.07) is 9.08. The second kappa shape index (κ2) is 9.62. The van der Waals surface area contributed by atoms with Crippen LogP contribution in [-0.4, -0.2) is 71.1 Å². The van der Waals surface area contributed by atoms with Gasteiger partial charge in [0.15, 0.2) is 0 Å². The summed E-state index contributed by atoms with van der Waals surface area (Å²) in [7, 11) is 0. The number of hydrogen-bond donors (Lipinski definition) is 2. The van der Waals surface area contributed by atoms with Crippen molar-refractivity contribution in [3.63, 3.8) is 0 Å². The fraction of sp³-hybridized carbons (Fsp3) is 0.500. The van der Waals surface area contributed by atoms with E-state index in [0.717, 1.165) is 51.1 Å². The van der Waals surface area contributed by atoms with Gasteiger partial charge in [0.2, 0.25) is 5.91 Å². The van der Waals surface area contributed by atoms with Gasteiger partial charge in [0.25, 0.3) is 5.91 Å². The quantitative estimate of drug-likeness (QED) is 0.739. The number of rotatable bonds is 6. The fourth-order valence-corrected chi connectivity index (χ4v) is 4.38. The monoisotopic (exact) mass is 429 g/mol. The SMILES string of the molecule is O=C(NCCN1CCN(C(=O)C2CCCC2)CC1)c1cc(-c2ccc(Cl)cc2)n[nH]1. The predicted octanol–water partition coefficient (Wildman–Crippen LogP) is 2.79. The lowest BCUT2D eigenvalue weighted by atomic mass is 10.1. The van der Waals surface area contributed by atoms with Gasteiger partial charge in [0.05, 0.1) is 5.69 Å². The van der Waals surface area contributed by atoms with Gasteiger partial charge in [0, 0.05) is 55.8 Å². The minimum absolute atomic E-state index is 0.169. The molecule has 0 bridgehead atoms. The van der Waals surface area contributed by atoms with Crippen molar-refractivity contribution in [3.8, 4) is 11.3 Å². The summed E-state index contributed by atoms with van der Waals surface area (Å²) >= 11 is 5.91. The van der Waals surface area contributed by atoms with E-state index in [1.807, 2.05) is 17.0 Å². The number of nitrogens with zero attached hydrogens (tertiary/aromatic N) is 3. The molecule has 7 nitrogen and oxygen atoms in total. The number of nitrogens with one attached hydrogen (secondary N) is 2. The molecule has 1 saturated heterocycles. The molecule has 2 aromatic rings. The first-order valence-corrected chi connectivity index (χ1v) is 11.1. The molecule has 2 heterocycles. The molecule has 2 fully saturated rings. The minimum Gasteiger partial charge on any atom is -0.349 e. The van der Waals surface area contributed by atoms with Crippen LogP contribution in [0.5, 0.6) is 0 Å². The van der Waals surface area contributed by atoms with Crippen molar-refractivity contribution in [1.82, 2.24) is 25.3 Å². The Kier molecular flexibility index (Phi) is 6.69. The van der Waals surface area contributed by atoms with E-state index in [-0.39, 0.29) is 11.8 Å². The molecule has 0 atom stereocenters.